The summed E-state index contributed by atoms with van der Waals surface area (Å²) in [6, 6.07) is 1.68. The van der Waals surface area contributed by atoms with Gasteiger partial charge in [0.05, 0.1) is 11.8 Å². The molecule has 1 aromatic heterocycles. The molecule has 0 aliphatic heterocycles. The number of allylic oxidation sites excluding steroid dienone is 4. The van der Waals surface area contributed by atoms with E-state index in [0.29, 0.717) is 11.3 Å². The Kier molecular flexibility index (Phi) is 3.09. The molecule has 0 saturated heterocycles. The molecule has 0 aliphatic carbocycles. The van der Waals surface area contributed by atoms with Gasteiger partial charge in [-0.2, -0.15) is 0 Å². The van der Waals surface area contributed by atoms with E-state index < -0.39 is 0 Å². The van der Waals surface area contributed by atoms with E-state index in [1.54, 1.807) is 31.2 Å². The number of rotatable bonds is 3. The minimum Gasteiger partial charge on any atom is -0.508 e. The normalized spacial score (nSPS) is 13.0. The molecule has 0 unspecified atom stereocenters. The summed E-state index contributed by atoms with van der Waals surface area (Å²) in [7, 11) is 0. The Morgan fingerprint density at radius 1 is 1.69 bits per heavy atom. The largest absolute Gasteiger partial charge is 0.508 e. The van der Waals surface area contributed by atoms with Crippen LogP contribution in [0.5, 0.6) is 0 Å². The van der Waals surface area contributed by atoms with Crippen LogP contribution < -0.4 is 0 Å². The molecule has 0 amide bonds. The highest BCUT2D eigenvalue weighted by Gasteiger charge is 2.08. The molecule has 0 saturated carbocycles. The average Bonchev–Trinajstić information content (AvgIpc) is 2.65. The fraction of sp³-hybridized carbons (Fsp3) is 0.100. The molecule has 0 radical (unpaired) electrons. The van der Waals surface area contributed by atoms with E-state index in [4.69, 9.17) is 4.52 Å². The van der Waals surface area contributed by atoms with Gasteiger partial charge in [-0.25, -0.2) is 0 Å². The zero-order valence-corrected chi connectivity index (χ0v) is 7.40. The second-order valence-electron chi connectivity index (χ2n) is 2.37. The van der Waals surface area contributed by atoms with Gasteiger partial charge in [-0.3, -0.25) is 0 Å². The van der Waals surface area contributed by atoms with Gasteiger partial charge in [0.25, 0.3) is 0 Å². The van der Waals surface area contributed by atoms with Crippen LogP contribution in [-0.2, 0) is 0 Å². The molecule has 68 valence electrons. The smallest absolute Gasteiger partial charge is 0.170 e. The van der Waals surface area contributed by atoms with Gasteiger partial charge in [-0.1, -0.05) is 17.8 Å². The van der Waals surface area contributed by atoms with Crippen molar-refractivity contribution in [1.82, 2.24) is 5.16 Å². The fourth-order valence-electron chi connectivity index (χ4n) is 0.922. The summed E-state index contributed by atoms with van der Waals surface area (Å²) in [5.41, 5.74) is 0.579. The first-order chi connectivity index (χ1) is 6.29. The minimum atomic E-state index is 0.150. The number of aliphatic hydroxyl groups excluding tert-OH is 1. The van der Waals surface area contributed by atoms with Crippen LogP contribution in [0, 0.1) is 0 Å². The van der Waals surface area contributed by atoms with Crippen molar-refractivity contribution in [3.8, 4) is 0 Å². The third kappa shape index (κ3) is 2.08. The zero-order chi connectivity index (χ0) is 9.68. The molecule has 3 heteroatoms. The van der Waals surface area contributed by atoms with Crippen LogP contribution in [0.3, 0.4) is 0 Å². The monoisotopic (exact) mass is 177 g/mol. The number of hydrogen-bond acceptors (Lipinski definition) is 3. The van der Waals surface area contributed by atoms with E-state index in [0.717, 1.165) is 0 Å². The number of nitrogens with zero attached hydrogens (tertiary/aromatic N) is 1. The van der Waals surface area contributed by atoms with Gasteiger partial charge in [0.2, 0.25) is 0 Å². The topological polar surface area (TPSA) is 46.3 Å². The highest BCUT2D eigenvalue weighted by atomic mass is 16.5. The summed E-state index contributed by atoms with van der Waals surface area (Å²) >= 11 is 0. The van der Waals surface area contributed by atoms with E-state index in [9.17, 15) is 5.11 Å². The van der Waals surface area contributed by atoms with Crippen molar-refractivity contribution in [2.45, 2.75) is 6.92 Å². The van der Waals surface area contributed by atoms with Crippen molar-refractivity contribution >= 4 is 5.57 Å². The summed E-state index contributed by atoms with van der Waals surface area (Å²) in [5, 5.41) is 13.0. The van der Waals surface area contributed by atoms with Crippen LogP contribution >= 0.6 is 0 Å². The Hall–Kier alpha value is -1.77. The first kappa shape index (κ1) is 9.32. The summed E-state index contributed by atoms with van der Waals surface area (Å²) in [5.74, 6) is 0.673. The van der Waals surface area contributed by atoms with Crippen molar-refractivity contribution < 1.29 is 9.63 Å². The maximum absolute atomic E-state index is 9.48. The Morgan fingerprint density at radius 2 is 2.46 bits per heavy atom. The summed E-state index contributed by atoms with van der Waals surface area (Å²) in [6.45, 7) is 5.29. The predicted octanol–water partition coefficient (Wildman–Crippen LogP) is 2.71. The Labute approximate surface area is 76.7 Å². The SMILES string of the molecule is C=C/C=C(\C(O)=C/C)c1ccno1. The zero-order valence-electron chi connectivity index (χ0n) is 7.40. The van der Waals surface area contributed by atoms with Gasteiger partial charge < -0.3 is 9.63 Å². The Balaban J connectivity index is 3.08. The van der Waals surface area contributed by atoms with Crippen LogP contribution in [-0.4, -0.2) is 10.3 Å². The van der Waals surface area contributed by atoms with Crippen LogP contribution in [0.15, 0.2) is 47.4 Å². The molecule has 0 atom stereocenters. The lowest BCUT2D eigenvalue weighted by Gasteiger charge is -1.99. The summed E-state index contributed by atoms with van der Waals surface area (Å²) < 4.78 is 4.90. The lowest BCUT2D eigenvalue weighted by atomic mass is 10.1. The molecular weight excluding hydrogens is 166 g/mol. The number of aliphatic hydroxyl groups is 1. The standard InChI is InChI=1S/C10H11NO2/c1-3-5-8(9(12)4-2)10-6-7-11-13-10/h3-7,12H,1H2,2H3/b8-5+,9-4+. The maximum Gasteiger partial charge on any atom is 0.170 e. The minimum absolute atomic E-state index is 0.150. The summed E-state index contributed by atoms with van der Waals surface area (Å²) in [4.78, 5) is 0. The molecule has 1 N–H and O–H groups in total. The van der Waals surface area contributed by atoms with E-state index in [1.807, 2.05) is 0 Å². The quantitative estimate of drug-likeness (QED) is 0.570. The molecule has 13 heavy (non-hydrogen) atoms. The van der Waals surface area contributed by atoms with Gasteiger partial charge in [0.15, 0.2) is 5.76 Å². The van der Waals surface area contributed by atoms with Crippen LogP contribution in [0.4, 0.5) is 0 Å². The van der Waals surface area contributed by atoms with Crippen molar-refractivity contribution in [3.05, 3.63) is 48.6 Å². The molecule has 1 rings (SSSR count). The van der Waals surface area contributed by atoms with Gasteiger partial charge in [0, 0.05) is 6.07 Å². The third-order valence-corrected chi connectivity index (χ3v) is 1.54. The molecule has 1 aromatic rings. The number of aromatic nitrogens is 1. The van der Waals surface area contributed by atoms with Crippen LogP contribution in [0.2, 0.25) is 0 Å². The van der Waals surface area contributed by atoms with Crippen LogP contribution in [0.25, 0.3) is 5.57 Å². The first-order valence-electron chi connectivity index (χ1n) is 3.89. The van der Waals surface area contributed by atoms with Crippen molar-refractivity contribution in [2.75, 3.05) is 0 Å². The summed E-state index contributed by atoms with van der Waals surface area (Å²) in [6.07, 6.45) is 6.35. The van der Waals surface area contributed by atoms with Gasteiger partial charge in [0.1, 0.15) is 5.76 Å². The van der Waals surface area contributed by atoms with E-state index in [-0.39, 0.29) is 5.76 Å². The van der Waals surface area contributed by atoms with Crippen LogP contribution in [0.1, 0.15) is 12.7 Å². The van der Waals surface area contributed by atoms with E-state index in [2.05, 4.69) is 11.7 Å². The van der Waals surface area contributed by atoms with Crippen molar-refractivity contribution in [1.29, 1.82) is 0 Å². The molecule has 0 bridgehead atoms. The maximum atomic E-state index is 9.48. The van der Waals surface area contributed by atoms with Crippen molar-refractivity contribution in [2.24, 2.45) is 0 Å². The molecule has 0 spiro atoms. The highest BCUT2D eigenvalue weighted by Crippen LogP contribution is 2.20. The lowest BCUT2D eigenvalue weighted by Crippen LogP contribution is -1.85. The first-order valence-corrected chi connectivity index (χ1v) is 3.89. The lowest BCUT2D eigenvalue weighted by molar-refractivity contribution is 0.397. The highest BCUT2D eigenvalue weighted by molar-refractivity contribution is 5.74. The Morgan fingerprint density at radius 3 is 2.92 bits per heavy atom. The predicted molar refractivity (Wildman–Crippen MR) is 51.1 cm³/mol. The molecule has 1 heterocycles. The van der Waals surface area contributed by atoms with E-state index >= 15 is 0 Å². The molecule has 0 fully saturated rings. The molecule has 0 aromatic carbocycles. The molecule has 3 nitrogen and oxygen atoms in total. The third-order valence-electron chi connectivity index (χ3n) is 1.54. The Bertz CT molecular complexity index is 334. The average molecular weight is 177 g/mol. The van der Waals surface area contributed by atoms with Gasteiger partial charge >= 0.3 is 0 Å². The molecular formula is C10H11NO2. The number of hydrogen-bond donors (Lipinski definition) is 1. The van der Waals surface area contributed by atoms with E-state index in [1.165, 1.54) is 6.20 Å². The van der Waals surface area contributed by atoms with Gasteiger partial charge in [-0.05, 0) is 19.1 Å². The second-order valence-corrected chi connectivity index (χ2v) is 2.37. The van der Waals surface area contributed by atoms with Gasteiger partial charge in [-0.15, -0.1) is 0 Å². The van der Waals surface area contributed by atoms with Crippen molar-refractivity contribution in [3.63, 3.8) is 0 Å². The second kappa shape index (κ2) is 4.30. The molecule has 0 aliphatic rings. The fourth-order valence-corrected chi connectivity index (χ4v) is 0.922.